The van der Waals surface area contributed by atoms with Gasteiger partial charge < -0.3 is 4.74 Å². The van der Waals surface area contributed by atoms with Gasteiger partial charge in [-0.1, -0.05) is 17.2 Å². The van der Waals surface area contributed by atoms with E-state index < -0.39 is 0 Å². The molecule has 0 rings (SSSR count). The van der Waals surface area contributed by atoms with Crippen LogP contribution in [-0.4, -0.2) is 13.1 Å². The van der Waals surface area contributed by atoms with Crippen LogP contribution in [0, 0.1) is 0 Å². The summed E-state index contributed by atoms with van der Waals surface area (Å²) in [5.74, 6) is 0. The van der Waals surface area contributed by atoms with Gasteiger partial charge in [0.25, 0.3) is 6.47 Å². The van der Waals surface area contributed by atoms with Crippen LogP contribution in [0.1, 0.15) is 33.6 Å². The zero-order valence-electron chi connectivity index (χ0n) is 8.67. The third-order valence-electron chi connectivity index (χ3n) is 1.69. The lowest BCUT2D eigenvalue weighted by Gasteiger charge is -1.98. The predicted octanol–water partition coefficient (Wildman–Crippen LogP) is 2.85. The van der Waals surface area contributed by atoms with Crippen LogP contribution in [0.5, 0.6) is 0 Å². The average Bonchev–Trinajstić information content (AvgIpc) is 2.04. The van der Waals surface area contributed by atoms with Gasteiger partial charge in [-0.05, 0) is 39.7 Å². The highest BCUT2D eigenvalue weighted by Crippen LogP contribution is 2.05. The van der Waals surface area contributed by atoms with Crippen molar-refractivity contribution in [3.8, 4) is 0 Å². The van der Waals surface area contributed by atoms with E-state index in [0.717, 1.165) is 12.8 Å². The van der Waals surface area contributed by atoms with Crippen LogP contribution in [0.3, 0.4) is 0 Å². The van der Waals surface area contributed by atoms with Gasteiger partial charge in [-0.25, -0.2) is 0 Å². The molecule has 0 fully saturated rings. The number of carbonyl (C=O) groups is 1. The Morgan fingerprint density at radius 1 is 1.23 bits per heavy atom. The molecule has 0 amide bonds. The Morgan fingerprint density at radius 3 is 2.46 bits per heavy atom. The van der Waals surface area contributed by atoms with Crippen molar-refractivity contribution < 1.29 is 9.53 Å². The Bertz CT molecular complexity index is 198. The van der Waals surface area contributed by atoms with Crippen LogP contribution in [-0.2, 0) is 9.53 Å². The standard InChI is InChI=1S/C11H18O2/c1-10(2)5-4-6-11(3)7-8-13-9-12/h5,7,9H,4,6,8H2,1-3H3. The Balaban J connectivity index is 3.60. The normalized spacial score (nSPS) is 10.8. The van der Waals surface area contributed by atoms with E-state index in [0.29, 0.717) is 13.1 Å². The molecule has 2 heteroatoms. The zero-order valence-corrected chi connectivity index (χ0v) is 8.67. The molecule has 0 aromatic rings. The molecule has 0 aromatic heterocycles. The molecule has 0 aromatic carbocycles. The maximum atomic E-state index is 9.83. The molecule has 0 aliphatic heterocycles. The highest BCUT2D eigenvalue weighted by molar-refractivity contribution is 5.37. The summed E-state index contributed by atoms with van der Waals surface area (Å²) in [6.07, 6.45) is 6.24. The first-order valence-corrected chi connectivity index (χ1v) is 4.51. The molecule has 0 spiro atoms. The Hall–Kier alpha value is -1.05. The van der Waals surface area contributed by atoms with Crippen molar-refractivity contribution in [2.45, 2.75) is 33.6 Å². The van der Waals surface area contributed by atoms with E-state index in [1.807, 2.05) is 13.0 Å². The molecule has 0 aliphatic rings. The molecule has 0 saturated heterocycles. The Labute approximate surface area is 80.3 Å². The number of allylic oxidation sites excluding steroid dienone is 3. The molecule has 0 bridgehead atoms. The van der Waals surface area contributed by atoms with Gasteiger partial charge in [0.05, 0.1) is 0 Å². The third-order valence-corrected chi connectivity index (χ3v) is 1.69. The summed E-state index contributed by atoms with van der Waals surface area (Å²) in [5, 5.41) is 0. The quantitative estimate of drug-likeness (QED) is 0.358. The van der Waals surface area contributed by atoms with Crippen LogP contribution in [0.2, 0.25) is 0 Å². The second-order valence-electron chi connectivity index (χ2n) is 3.30. The summed E-state index contributed by atoms with van der Waals surface area (Å²) in [5.41, 5.74) is 2.61. The van der Waals surface area contributed by atoms with Crippen LogP contribution in [0.15, 0.2) is 23.3 Å². The van der Waals surface area contributed by atoms with Crippen molar-refractivity contribution >= 4 is 6.47 Å². The maximum Gasteiger partial charge on any atom is 0.293 e. The zero-order chi connectivity index (χ0) is 10.1. The van der Waals surface area contributed by atoms with E-state index in [9.17, 15) is 4.79 Å². The molecule has 13 heavy (non-hydrogen) atoms. The molecule has 0 unspecified atom stereocenters. The van der Waals surface area contributed by atoms with Crippen LogP contribution >= 0.6 is 0 Å². The van der Waals surface area contributed by atoms with Crippen molar-refractivity contribution in [1.29, 1.82) is 0 Å². The summed E-state index contributed by atoms with van der Waals surface area (Å²) in [6, 6.07) is 0. The minimum absolute atomic E-state index is 0.393. The second kappa shape index (κ2) is 7.59. The fourth-order valence-electron chi connectivity index (χ4n) is 0.920. The van der Waals surface area contributed by atoms with Gasteiger partial charge in [-0.15, -0.1) is 0 Å². The molecule has 0 aliphatic carbocycles. The lowest BCUT2D eigenvalue weighted by Crippen LogP contribution is -1.88. The molecular formula is C11H18O2. The lowest BCUT2D eigenvalue weighted by molar-refractivity contribution is -0.127. The largest absolute Gasteiger partial charge is 0.464 e. The highest BCUT2D eigenvalue weighted by atomic mass is 16.5. The van der Waals surface area contributed by atoms with Crippen molar-refractivity contribution in [3.63, 3.8) is 0 Å². The molecule has 0 heterocycles. The molecular weight excluding hydrogens is 164 g/mol. The molecule has 74 valence electrons. The fraction of sp³-hybridized carbons (Fsp3) is 0.545. The molecule has 0 N–H and O–H groups in total. The van der Waals surface area contributed by atoms with Crippen molar-refractivity contribution in [2.75, 3.05) is 6.61 Å². The number of ether oxygens (including phenoxy) is 1. The SMILES string of the molecule is CC(C)=CCCC(C)=CCOC=O. The molecule has 0 atom stereocenters. The number of hydrogen-bond donors (Lipinski definition) is 0. The van der Waals surface area contributed by atoms with Crippen molar-refractivity contribution in [2.24, 2.45) is 0 Å². The number of carbonyl (C=O) groups excluding carboxylic acids is 1. The lowest BCUT2D eigenvalue weighted by atomic mass is 10.1. The van der Waals surface area contributed by atoms with Gasteiger partial charge in [0.15, 0.2) is 0 Å². The smallest absolute Gasteiger partial charge is 0.293 e. The van der Waals surface area contributed by atoms with Gasteiger partial charge in [0.1, 0.15) is 6.61 Å². The van der Waals surface area contributed by atoms with Crippen LogP contribution in [0.4, 0.5) is 0 Å². The van der Waals surface area contributed by atoms with Gasteiger partial charge in [0.2, 0.25) is 0 Å². The van der Waals surface area contributed by atoms with E-state index in [2.05, 4.69) is 24.7 Å². The van der Waals surface area contributed by atoms with Gasteiger partial charge in [-0.3, -0.25) is 4.79 Å². The minimum atomic E-state index is 0.393. The predicted molar refractivity (Wildman–Crippen MR) is 54.4 cm³/mol. The first kappa shape index (κ1) is 11.9. The van der Waals surface area contributed by atoms with E-state index in [-0.39, 0.29) is 0 Å². The van der Waals surface area contributed by atoms with Crippen LogP contribution < -0.4 is 0 Å². The summed E-state index contributed by atoms with van der Waals surface area (Å²) < 4.78 is 4.56. The molecule has 0 radical (unpaired) electrons. The number of rotatable bonds is 6. The third kappa shape index (κ3) is 8.86. The Morgan fingerprint density at radius 2 is 1.92 bits per heavy atom. The van der Waals surface area contributed by atoms with Crippen LogP contribution in [0.25, 0.3) is 0 Å². The minimum Gasteiger partial charge on any atom is -0.464 e. The van der Waals surface area contributed by atoms with Crippen molar-refractivity contribution in [3.05, 3.63) is 23.3 Å². The summed E-state index contributed by atoms with van der Waals surface area (Å²) in [6.45, 7) is 7.10. The van der Waals surface area contributed by atoms with Gasteiger partial charge in [-0.2, -0.15) is 0 Å². The van der Waals surface area contributed by atoms with E-state index in [1.165, 1.54) is 11.1 Å². The second-order valence-corrected chi connectivity index (χ2v) is 3.30. The summed E-state index contributed by atoms with van der Waals surface area (Å²) in [7, 11) is 0. The molecule has 2 nitrogen and oxygen atoms in total. The van der Waals surface area contributed by atoms with Gasteiger partial charge >= 0.3 is 0 Å². The van der Waals surface area contributed by atoms with Crippen molar-refractivity contribution in [1.82, 2.24) is 0 Å². The maximum absolute atomic E-state index is 9.83. The first-order chi connectivity index (χ1) is 6.16. The van der Waals surface area contributed by atoms with Gasteiger partial charge in [0, 0.05) is 0 Å². The first-order valence-electron chi connectivity index (χ1n) is 4.51. The number of hydrogen-bond acceptors (Lipinski definition) is 2. The highest BCUT2D eigenvalue weighted by Gasteiger charge is 1.88. The fourth-order valence-corrected chi connectivity index (χ4v) is 0.920. The summed E-state index contributed by atoms with van der Waals surface area (Å²) in [4.78, 5) is 9.83. The van der Waals surface area contributed by atoms with E-state index in [1.54, 1.807) is 0 Å². The molecule has 0 saturated carbocycles. The Kier molecular flexibility index (Phi) is 6.98. The summed E-state index contributed by atoms with van der Waals surface area (Å²) >= 11 is 0. The average molecular weight is 182 g/mol. The van der Waals surface area contributed by atoms with E-state index in [4.69, 9.17) is 0 Å². The monoisotopic (exact) mass is 182 g/mol. The van der Waals surface area contributed by atoms with E-state index >= 15 is 0 Å². The topological polar surface area (TPSA) is 26.3 Å².